The van der Waals surface area contributed by atoms with Crippen molar-refractivity contribution in [2.45, 2.75) is 19.1 Å². The molecule has 0 fully saturated rings. The van der Waals surface area contributed by atoms with E-state index >= 15 is 0 Å². The molecule has 0 saturated carbocycles. The molecule has 6 nitrogen and oxygen atoms in total. The van der Waals surface area contributed by atoms with Crippen LogP contribution in [0.15, 0.2) is 0 Å². The maximum absolute atomic E-state index is 11.0. The molecule has 0 aliphatic rings. The van der Waals surface area contributed by atoms with Gasteiger partial charge >= 0.3 is 0 Å². The van der Waals surface area contributed by atoms with E-state index in [0.717, 1.165) is 0 Å². The number of hydrogen-bond acceptors (Lipinski definition) is 4. The molecule has 13 heavy (non-hydrogen) atoms. The van der Waals surface area contributed by atoms with Crippen LogP contribution >= 0.6 is 0 Å². The normalized spacial score (nSPS) is 14.7. The van der Waals surface area contributed by atoms with Crippen LogP contribution in [0.2, 0.25) is 0 Å². The minimum absolute atomic E-state index is 0.0799. The molecule has 0 aromatic rings. The number of nitrogens with one attached hydrogen (secondary N) is 2. The van der Waals surface area contributed by atoms with Crippen molar-refractivity contribution in [2.75, 3.05) is 13.6 Å². The lowest BCUT2D eigenvalue weighted by Gasteiger charge is -2.17. The van der Waals surface area contributed by atoms with Crippen LogP contribution in [0, 0.1) is 0 Å². The zero-order valence-electron chi connectivity index (χ0n) is 7.70. The first-order valence-corrected chi connectivity index (χ1v) is 3.90. The Morgan fingerprint density at radius 2 is 2.08 bits per heavy atom. The molecule has 0 aromatic heterocycles. The third-order valence-electron chi connectivity index (χ3n) is 1.44. The highest BCUT2D eigenvalue weighted by atomic mass is 16.3. The standard InChI is InChI=1S/C7H15N3O3/c1-4(11)6(7(8)13)10-5(12)3-9-2/h4,6,9,11H,3H2,1-2H3,(H2,8,13)(H,10,12). The Balaban J connectivity index is 4.10. The van der Waals surface area contributed by atoms with Gasteiger partial charge in [-0.15, -0.1) is 0 Å². The van der Waals surface area contributed by atoms with E-state index in [1.807, 2.05) is 0 Å². The van der Waals surface area contributed by atoms with Crippen LogP contribution in [-0.2, 0) is 9.59 Å². The number of carbonyl (C=O) groups excluding carboxylic acids is 2. The highest BCUT2D eigenvalue weighted by Gasteiger charge is 2.22. The summed E-state index contributed by atoms with van der Waals surface area (Å²) in [5.41, 5.74) is 4.95. The van der Waals surface area contributed by atoms with Crippen molar-refractivity contribution in [3.63, 3.8) is 0 Å². The van der Waals surface area contributed by atoms with Crippen molar-refractivity contribution < 1.29 is 14.7 Å². The van der Waals surface area contributed by atoms with Crippen molar-refractivity contribution in [2.24, 2.45) is 5.73 Å². The van der Waals surface area contributed by atoms with E-state index in [9.17, 15) is 9.59 Å². The monoisotopic (exact) mass is 189 g/mol. The molecule has 2 amide bonds. The number of amides is 2. The van der Waals surface area contributed by atoms with Gasteiger partial charge < -0.3 is 21.5 Å². The summed E-state index contributed by atoms with van der Waals surface area (Å²) >= 11 is 0. The van der Waals surface area contributed by atoms with Gasteiger partial charge in [-0.1, -0.05) is 0 Å². The summed E-state index contributed by atoms with van der Waals surface area (Å²) in [7, 11) is 1.60. The summed E-state index contributed by atoms with van der Waals surface area (Å²) in [6.45, 7) is 1.46. The summed E-state index contributed by atoms with van der Waals surface area (Å²) in [6.07, 6.45) is -0.988. The van der Waals surface area contributed by atoms with Crippen LogP contribution in [0.3, 0.4) is 0 Å². The number of likely N-dealkylation sites (N-methyl/N-ethyl adjacent to an activating group) is 1. The average Bonchev–Trinajstić information content (AvgIpc) is 1.99. The predicted molar refractivity (Wildman–Crippen MR) is 46.7 cm³/mol. The lowest BCUT2D eigenvalue weighted by molar-refractivity contribution is -0.129. The van der Waals surface area contributed by atoms with Crippen molar-refractivity contribution in [3.8, 4) is 0 Å². The summed E-state index contributed by atoms with van der Waals surface area (Å²) in [5.74, 6) is -1.13. The maximum Gasteiger partial charge on any atom is 0.242 e. The smallest absolute Gasteiger partial charge is 0.242 e. The Morgan fingerprint density at radius 3 is 2.38 bits per heavy atom. The second-order valence-corrected chi connectivity index (χ2v) is 2.72. The first-order valence-electron chi connectivity index (χ1n) is 3.90. The first-order chi connectivity index (χ1) is 5.99. The van der Waals surface area contributed by atoms with E-state index < -0.39 is 18.1 Å². The zero-order valence-corrected chi connectivity index (χ0v) is 7.70. The lowest BCUT2D eigenvalue weighted by Crippen LogP contribution is -2.52. The molecule has 6 heteroatoms. The number of rotatable bonds is 5. The number of aliphatic hydroxyl groups is 1. The minimum Gasteiger partial charge on any atom is -0.391 e. The number of carbonyl (C=O) groups is 2. The van der Waals surface area contributed by atoms with E-state index in [0.29, 0.717) is 0 Å². The minimum atomic E-state index is -1.03. The van der Waals surface area contributed by atoms with E-state index in [4.69, 9.17) is 10.8 Å². The van der Waals surface area contributed by atoms with E-state index in [1.165, 1.54) is 6.92 Å². The van der Waals surface area contributed by atoms with Gasteiger partial charge in [0.25, 0.3) is 0 Å². The van der Waals surface area contributed by atoms with E-state index in [-0.39, 0.29) is 12.5 Å². The highest BCUT2D eigenvalue weighted by Crippen LogP contribution is 1.90. The molecule has 76 valence electrons. The molecule has 0 aromatic carbocycles. The Bertz CT molecular complexity index is 193. The Labute approximate surface area is 76.5 Å². The van der Waals surface area contributed by atoms with Gasteiger partial charge in [0.2, 0.25) is 11.8 Å². The highest BCUT2D eigenvalue weighted by molar-refractivity contribution is 5.87. The molecule has 0 radical (unpaired) electrons. The molecule has 2 unspecified atom stereocenters. The summed E-state index contributed by atoms with van der Waals surface area (Å²) in [4.78, 5) is 21.7. The zero-order chi connectivity index (χ0) is 10.4. The van der Waals surface area contributed by atoms with Gasteiger partial charge in [0.1, 0.15) is 6.04 Å². The fourth-order valence-electron chi connectivity index (χ4n) is 0.814. The fraction of sp³-hybridized carbons (Fsp3) is 0.714. The van der Waals surface area contributed by atoms with Crippen LogP contribution in [-0.4, -0.2) is 42.7 Å². The van der Waals surface area contributed by atoms with Crippen LogP contribution in [0.4, 0.5) is 0 Å². The van der Waals surface area contributed by atoms with Gasteiger partial charge in [-0.25, -0.2) is 0 Å². The summed E-state index contributed by atoms with van der Waals surface area (Å²) in [6, 6.07) is -1.03. The van der Waals surface area contributed by atoms with Gasteiger partial charge in [-0.3, -0.25) is 9.59 Å². The van der Waals surface area contributed by atoms with Gasteiger partial charge in [-0.05, 0) is 14.0 Å². The Morgan fingerprint density at radius 1 is 1.54 bits per heavy atom. The molecule has 2 atom stereocenters. The number of primary amides is 1. The maximum atomic E-state index is 11.0. The summed E-state index contributed by atoms with van der Waals surface area (Å²) in [5, 5.41) is 14.0. The van der Waals surface area contributed by atoms with Gasteiger partial charge in [0.05, 0.1) is 12.6 Å². The van der Waals surface area contributed by atoms with Crippen LogP contribution in [0.5, 0.6) is 0 Å². The molecule has 0 aliphatic heterocycles. The molecule has 0 spiro atoms. The quantitative estimate of drug-likeness (QED) is 0.385. The van der Waals surface area contributed by atoms with Crippen LogP contribution in [0.1, 0.15) is 6.92 Å². The topological polar surface area (TPSA) is 104 Å². The molecule has 5 N–H and O–H groups in total. The Kier molecular flexibility index (Phi) is 5.01. The van der Waals surface area contributed by atoms with Crippen LogP contribution < -0.4 is 16.4 Å². The van der Waals surface area contributed by atoms with Gasteiger partial charge in [0.15, 0.2) is 0 Å². The van der Waals surface area contributed by atoms with Gasteiger partial charge in [0, 0.05) is 0 Å². The molecular formula is C7H15N3O3. The van der Waals surface area contributed by atoms with Crippen molar-refractivity contribution in [1.29, 1.82) is 0 Å². The largest absolute Gasteiger partial charge is 0.391 e. The van der Waals surface area contributed by atoms with Crippen molar-refractivity contribution in [1.82, 2.24) is 10.6 Å². The second-order valence-electron chi connectivity index (χ2n) is 2.72. The molecule has 0 saturated heterocycles. The van der Waals surface area contributed by atoms with E-state index in [2.05, 4.69) is 10.6 Å². The molecular weight excluding hydrogens is 174 g/mol. The SMILES string of the molecule is CNCC(=O)NC(C(N)=O)C(C)O. The third kappa shape index (κ3) is 4.44. The number of nitrogens with two attached hydrogens (primary N) is 1. The third-order valence-corrected chi connectivity index (χ3v) is 1.44. The first kappa shape index (κ1) is 11.9. The summed E-state index contributed by atoms with van der Waals surface area (Å²) < 4.78 is 0. The molecule has 0 bridgehead atoms. The van der Waals surface area contributed by atoms with Crippen LogP contribution in [0.25, 0.3) is 0 Å². The van der Waals surface area contributed by atoms with Gasteiger partial charge in [-0.2, -0.15) is 0 Å². The Hall–Kier alpha value is -1.14. The predicted octanol–water partition coefficient (Wildman–Crippen LogP) is -2.44. The fourth-order valence-corrected chi connectivity index (χ4v) is 0.814. The van der Waals surface area contributed by atoms with Crippen molar-refractivity contribution >= 4 is 11.8 Å². The van der Waals surface area contributed by atoms with Crippen molar-refractivity contribution in [3.05, 3.63) is 0 Å². The second kappa shape index (κ2) is 5.50. The molecule has 0 rings (SSSR count). The molecule has 0 aliphatic carbocycles. The lowest BCUT2D eigenvalue weighted by atomic mass is 10.2. The van der Waals surface area contributed by atoms with E-state index in [1.54, 1.807) is 7.05 Å². The average molecular weight is 189 g/mol. The number of aliphatic hydroxyl groups excluding tert-OH is 1. The number of hydrogen-bond donors (Lipinski definition) is 4. The molecule has 0 heterocycles.